The lowest BCUT2D eigenvalue weighted by Crippen LogP contribution is -2.20. The van der Waals surface area contributed by atoms with E-state index in [1.807, 2.05) is 0 Å². The minimum absolute atomic E-state index is 0.209. The summed E-state index contributed by atoms with van der Waals surface area (Å²) in [7, 11) is 0. The summed E-state index contributed by atoms with van der Waals surface area (Å²) in [6, 6.07) is 0.710. The highest BCUT2D eigenvalue weighted by atomic mass is 16.5. The lowest BCUT2D eigenvalue weighted by Gasteiger charge is -2.17. The van der Waals surface area contributed by atoms with Gasteiger partial charge in [0.2, 0.25) is 0 Å². The van der Waals surface area contributed by atoms with Gasteiger partial charge in [0.15, 0.2) is 5.69 Å². The molecule has 17 heavy (non-hydrogen) atoms. The molecule has 0 radical (unpaired) electrons. The Morgan fingerprint density at radius 3 is 3.24 bits per heavy atom. The van der Waals surface area contributed by atoms with Crippen molar-refractivity contribution >= 4 is 12.0 Å². The molecule has 1 aromatic heterocycles. The SMILES string of the molecule is CCOC(=O)c1coc(NC2CC=CCC2)n1. The van der Waals surface area contributed by atoms with Crippen LogP contribution >= 0.6 is 0 Å². The predicted molar refractivity (Wildman–Crippen MR) is 62.9 cm³/mol. The Morgan fingerprint density at radius 1 is 1.65 bits per heavy atom. The van der Waals surface area contributed by atoms with Gasteiger partial charge in [0.25, 0.3) is 6.01 Å². The van der Waals surface area contributed by atoms with E-state index in [1.165, 1.54) is 6.26 Å². The maximum atomic E-state index is 11.4. The monoisotopic (exact) mass is 236 g/mol. The summed E-state index contributed by atoms with van der Waals surface area (Å²) in [4.78, 5) is 15.4. The van der Waals surface area contributed by atoms with Crippen molar-refractivity contribution in [2.24, 2.45) is 0 Å². The van der Waals surface area contributed by atoms with Gasteiger partial charge in [-0.2, -0.15) is 4.98 Å². The summed E-state index contributed by atoms with van der Waals surface area (Å²) in [5.41, 5.74) is 0.209. The van der Waals surface area contributed by atoms with E-state index >= 15 is 0 Å². The van der Waals surface area contributed by atoms with Gasteiger partial charge in [-0.15, -0.1) is 0 Å². The zero-order valence-corrected chi connectivity index (χ0v) is 9.81. The summed E-state index contributed by atoms with van der Waals surface area (Å²) < 4.78 is 10.0. The number of rotatable bonds is 4. The van der Waals surface area contributed by atoms with E-state index in [1.54, 1.807) is 6.92 Å². The van der Waals surface area contributed by atoms with Crippen molar-refractivity contribution in [2.45, 2.75) is 32.2 Å². The Morgan fingerprint density at radius 2 is 2.53 bits per heavy atom. The van der Waals surface area contributed by atoms with Gasteiger partial charge in [0, 0.05) is 6.04 Å². The Labute approximate surface area is 99.9 Å². The fourth-order valence-corrected chi connectivity index (χ4v) is 1.74. The number of aromatic nitrogens is 1. The number of carbonyl (C=O) groups excluding carboxylic acids is 1. The number of esters is 1. The number of anilines is 1. The molecule has 0 amide bonds. The van der Waals surface area contributed by atoms with Crippen LogP contribution in [0.15, 0.2) is 22.8 Å². The average molecular weight is 236 g/mol. The average Bonchev–Trinajstić information content (AvgIpc) is 2.79. The molecule has 0 fully saturated rings. The highest BCUT2D eigenvalue weighted by Gasteiger charge is 2.16. The molecule has 5 nitrogen and oxygen atoms in total. The molecule has 0 saturated heterocycles. The molecule has 0 bridgehead atoms. The van der Waals surface area contributed by atoms with E-state index in [2.05, 4.69) is 22.5 Å². The number of allylic oxidation sites excluding steroid dienone is 1. The van der Waals surface area contributed by atoms with Crippen LogP contribution in [0.25, 0.3) is 0 Å². The minimum Gasteiger partial charge on any atom is -0.461 e. The lowest BCUT2D eigenvalue weighted by molar-refractivity contribution is 0.0519. The number of nitrogens with zero attached hydrogens (tertiary/aromatic N) is 1. The standard InChI is InChI=1S/C12H16N2O3/c1-2-16-11(15)10-8-17-12(14-10)13-9-6-4-3-5-7-9/h3-4,8-9H,2,5-7H2,1H3,(H,13,14). The molecular weight excluding hydrogens is 220 g/mol. The van der Waals surface area contributed by atoms with Crippen LogP contribution in [0, 0.1) is 0 Å². The maximum absolute atomic E-state index is 11.4. The van der Waals surface area contributed by atoms with Gasteiger partial charge in [-0.1, -0.05) is 12.2 Å². The molecule has 92 valence electrons. The largest absolute Gasteiger partial charge is 0.461 e. The van der Waals surface area contributed by atoms with Crippen molar-refractivity contribution in [2.75, 3.05) is 11.9 Å². The molecule has 1 N–H and O–H groups in total. The summed E-state index contributed by atoms with van der Waals surface area (Å²) in [6.45, 7) is 2.09. The number of oxazole rings is 1. The fourth-order valence-electron chi connectivity index (χ4n) is 1.74. The smallest absolute Gasteiger partial charge is 0.360 e. The van der Waals surface area contributed by atoms with E-state index in [0.29, 0.717) is 18.7 Å². The summed E-state index contributed by atoms with van der Waals surface area (Å²) in [5, 5.41) is 3.16. The molecule has 1 aromatic rings. The first-order chi connectivity index (χ1) is 8.29. The molecule has 5 heteroatoms. The number of carbonyl (C=O) groups is 1. The van der Waals surface area contributed by atoms with Crippen LogP contribution in [-0.2, 0) is 4.74 Å². The molecule has 1 heterocycles. The third-order valence-corrected chi connectivity index (χ3v) is 2.59. The summed E-state index contributed by atoms with van der Waals surface area (Å²) in [5.74, 6) is -0.451. The van der Waals surface area contributed by atoms with Crippen molar-refractivity contribution in [1.82, 2.24) is 4.98 Å². The second kappa shape index (κ2) is 5.52. The van der Waals surface area contributed by atoms with Crippen molar-refractivity contribution in [3.05, 3.63) is 24.1 Å². The number of ether oxygens (including phenoxy) is 1. The molecule has 0 aliphatic heterocycles. The first-order valence-electron chi connectivity index (χ1n) is 5.83. The zero-order valence-electron chi connectivity index (χ0n) is 9.81. The van der Waals surface area contributed by atoms with Crippen LogP contribution < -0.4 is 5.32 Å². The van der Waals surface area contributed by atoms with Gasteiger partial charge in [0.05, 0.1) is 6.61 Å². The van der Waals surface area contributed by atoms with Gasteiger partial charge in [0.1, 0.15) is 6.26 Å². The number of hydrogen-bond acceptors (Lipinski definition) is 5. The van der Waals surface area contributed by atoms with Crippen LogP contribution in [0.4, 0.5) is 6.01 Å². The van der Waals surface area contributed by atoms with Crippen molar-refractivity contribution in [1.29, 1.82) is 0 Å². The third kappa shape index (κ3) is 3.09. The molecule has 1 aliphatic rings. The molecule has 0 saturated carbocycles. The minimum atomic E-state index is -0.451. The molecule has 1 atom stereocenters. The number of hydrogen-bond donors (Lipinski definition) is 1. The first kappa shape index (κ1) is 11.7. The van der Waals surface area contributed by atoms with E-state index in [0.717, 1.165) is 19.3 Å². The van der Waals surface area contributed by atoms with Gasteiger partial charge >= 0.3 is 5.97 Å². The van der Waals surface area contributed by atoms with Crippen molar-refractivity contribution in [3.63, 3.8) is 0 Å². The number of nitrogens with one attached hydrogen (secondary N) is 1. The fraction of sp³-hybridized carbons (Fsp3) is 0.500. The maximum Gasteiger partial charge on any atom is 0.360 e. The molecular formula is C12H16N2O3. The summed E-state index contributed by atoms with van der Waals surface area (Å²) in [6.07, 6.45) is 8.68. The molecule has 1 unspecified atom stereocenters. The van der Waals surface area contributed by atoms with Crippen LogP contribution in [-0.4, -0.2) is 23.6 Å². The first-order valence-corrected chi connectivity index (χ1v) is 5.83. The Bertz CT molecular complexity index is 412. The Kier molecular flexibility index (Phi) is 3.80. The second-order valence-corrected chi connectivity index (χ2v) is 3.88. The quantitative estimate of drug-likeness (QED) is 0.642. The Balaban J connectivity index is 1.93. The third-order valence-electron chi connectivity index (χ3n) is 2.59. The van der Waals surface area contributed by atoms with E-state index < -0.39 is 5.97 Å². The van der Waals surface area contributed by atoms with Crippen molar-refractivity contribution in [3.8, 4) is 0 Å². The normalized spacial score (nSPS) is 19.0. The van der Waals surface area contributed by atoms with Gasteiger partial charge < -0.3 is 14.5 Å². The van der Waals surface area contributed by atoms with Crippen LogP contribution in [0.1, 0.15) is 36.7 Å². The van der Waals surface area contributed by atoms with Gasteiger partial charge in [-0.25, -0.2) is 4.79 Å². The van der Waals surface area contributed by atoms with Crippen molar-refractivity contribution < 1.29 is 13.9 Å². The molecule has 2 rings (SSSR count). The van der Waals surface area contributed by atoms with E-state index in [9.17, 15) is 4.79 Å². The summed E-state index contributed by atoms with van der Waals surface area (Å²) >= 11 is 0. The van der Waals surface area contributed by atoms with E-state index in [-0.39, 0.29) is 5.69 Å². The lowest BCUT2D eigenvalue weighted by atomic mass is 10.0. The van der Waals surface area contributed by atoms with Crippen LogP contribution in [0.3, 0.4) is 0 Å². The highest BCUT2D eigenvalue weighted by molar-refractivity contribution is 5.87. The molecule has 1 aliphatic carbocycles. The molecule has 0 spiro atoms. The highest BCUT2D eigenvalue weighted by Crippen LogP contribution is 2.17. The Hall–Kier alpha value is -1.78. The zero-order chi connectivity index (χ0) is 12.1. The van der Waals surface area contributed by atoms with Gasteiger partial charge in [-0.3, -0.25) is 0 Å². The van der Waals surface area contributed by atoms with Crippen LogP contribution in [0.5, 0.6) is 0 Å². The molecule has 0 aromatic carbocycles. The van der Waals surface area contributed by atoms with Crippen LogP contribution in [0.2, 0.25) is 0 Å². The predicted octanol–water partition coefficient (Wildman–Crippen LogP) is 2.37. The van der Waals surface area contributed by atoms with E-state index in [4.69, 9.17) is 9.15 Å². The second-order valence-electron chi connectivity index (χ2n) is 3.88. The topological polar surface area (TPSA) is 64.4 Å². The van der Waals surface area contributed by atoms with Gasteiger partial charge in [-0.05, 0) is 26.2 Å².